The second-order valence-electron chi connectivity index (χ2n) is 5.17. The molecule has 6 nitrogen and oxygen atoms in total. The van der Waals surface area contributed by atoms with Crippen LogP contribution in [-0.4, -0.2) is 64.0 Å². The van der Waals surface area contributed by atoms with Crippen LogP contribution in [0.5, 0.6) is 5.75 Å². The first-order chi connectivity index (χ1) is 9.98. The van der Waals surface area contributed by atoms with Crippen molar-refractivity contribution in [2.75, 3.05) is 46.4 Å². The van der Waals surface area contributed by atoms with Crippen LogP contribution in [0.2, 0.25) is 0 Å². The highest BCUT2D eigenvalue weighted by atomic mass is 32.2. The van der Waals surface area contributed by atoms with Gasteiger partial charge in [0.15, 0.2) is 0 Å². The van der Waals surface area contributed by atoms with E-state index in [0.717, 1.165) is 19.6 Å². The fraction of sp³-hybridized carbons (Fsp3) is 0.571. The van der Waals surface area contributed by atoms with Crippen LogP contribution >= 0.6 is 0 Å². The SMILES string of the molecule is COc1ccc(S(=O)(=O)N2CCN(CCN)CC2)c(C)c1. The molecule has 1 aromatic rings. The Morgan fingerprint density at radius 1 is 1.24 bits per heavy atom. The van der Waals surface area contributed by atoms with Crippen LogP contribution in [0.3, 0.4) is 0 Å². The molecule has 1 heterocycles. The first-order valence-electron chi connectivity index (χ1n) is 7.06. The lowest BCUT2D eigenvalue weighted by atomic mass is 10.2. The lowest BCUT2D eigenvalue weighted by molar-refractivity contribution is 0.192. The summed E-state index contributed by atoms with van der Waals surface area (Å²) in [7, 11) is -1.87. The summed E-state index contributed by atoms with van der Waals surface area (Å²) >= 11 is 0. The maximum absolute atomic E-state index is 12.7. The number of ether oxygens (including phenoxy) is 1. The number of benzene rings is 1. The topological polar surface area (TPSA) is 75.9 Å². The van der Waals surface area contributed by atoms with Crippen LogP contribution in [0.4, 0.5) is 0 Å². The maximum atomic E-state index is 12.7. The molecule has 0 radical (unpaired) electrons. The minimum Gasteiger partial charge on any atom is -0.497 e. The van der Waals surface area contributed by atoms with Gasteiger partial charge in [-0.2, -0.15) is 4.31 Å². The van der Waals surface area contributed by atoms with Gasteiger partial charge in [0.05, 0.1) is 12.0 Å². The van der Waals surface area contributed by atoms with Gasteiger partial charge >= 0.3 is 0 Å². The smallest absolute Gasteiger partial charge is 0.243 e. The van der Waals surface area contributed by atoms with Gasteiger partial charge in [-0.15, -0.1) is 0 Å². The molecule has 0 saturated carbocycles. The minimum absolute atomic E-state index is 0.357. The number of piperazine rings is 1. The number of nitrogens with two attached hydrogens (primary N) is 1. The van der Waals surface area contributed by atoms with Crippen molar-refractivity contribution in [2.24, 2.45) is 5.73 Å². The Morgan fingerprint density at radius 3 is 2.43 bits per heavy atom. The number of hydrogen-bond donors (Lipinski definition) is 1. The fourth-order valence-corrected chi connectivity index (χ4v) is 4.18. The molecule has 0 unspecified atom stereocenters. The summed E-state index contributed by atoms with van der Waals surface area (Å²) < 4.78 is 32.1. The van der Waals surface area contributed by atoms with E-state index in [1.165, 1.54) is 0 Å². The van der Waals surface area contributed by atoms with Crippen LogP contribution in [0, 0.1) is 6.92 Å². The molecule has 2 N–H and O–H groups in total. The van der Waals surface area contributed by atoms with E-state index in [1.807, 2.05) is 0 Å². The number of hydrogen-bond acceptors (Lipinski definition) is 5. The molecule has 7 heteroatoms. The Morgan fingerprint density at radius 2 is 1.90 bits per heavy atom. The number of aryl methyl sites for hydroxylation is 1. The van der Waals surface area contributed by atoms with E-state index >= 15 is 0 Å². The molecule has 1 aliphatic heterocycles. The van der Waals surface area contributed by atoms with Crippen molar-refractivity contribution in [3.63, 3.8) is 0 Å². The Hall–Kier alpha value is -1.15. The van der Waals surface area contributed by atoms with E-state index in [1.54, 1.807) is 36.5 Å². The van der Waals surface area contributed by atoms with Crippen molar-refractivity contribution >= 4 is 10.0 Å². The van der Waals surface area contributed by atoms with Gasteiger partial charge < -0.3 is 10.5 Å². The predicted octanol–water partition coefficient (Wildman–Crippen LogP) is 0.269. The van der Waals surface area contributed by atoms with Gasteiger partial charge in [-0.3, -0.25) is 4.90 Å². The van der Waals surface area contributed by atoms with Crippen molar-refractivity contribution in [1.29, 1.82) is 0 Å². The van der Waals surface area contributed by atoms with Gasteiger partial charge in [-0.05, 0) is 30.7 Å². The standard InChI is InChI=1S/C14H23N3O3S/c1-12-11-13(20-2)3-4-14(12)21(18,19)17-9-7-16(6-5-15)8-10-17/h3-4,11H,5-10,15H2,1-2H3. The summed E-state index contributed by atoms with van der Waals surface area (Å²) in [6.07, 6.45) is 0. The van der Waals surface area contributed by atoms with Crippen molar-refractivity contribution < 1.29 is 13.2 Å². The molecule has 2 rings (SSSR count). The van der Waals surface area contributed by atoms with E-state index in [4.69, 9.17) is 10.5 Å². The molecule has 0 amide bonds. The summed E-state index contributed by atoms with van der Waals surface area (Å²) in [6, 6.07) is 5.05. The first-order valence-corrected chi connectivity index (χ1v) is 8.50. The van der Waals surface area contributed by atoms with Gasteiger partial charge in [-0.25, -0.2) is 8.42 Å². The number of sulfonamides is 1. The molecule has 1 fully saturated rings. The Kier molecular flexibility index (Phi) is 5.21. The molecule has 1 aliphatic rings. The largest absolute Gasteiger partial charge is 0.497 e. The zero-order chi connectivity index (χ0) is 15.5. The first kappa shape index (κ1) is 16.2. The third kappa shape index (κ3) is 3.55. The minimum atomic E-state index is -3.44. The molecule has 21 heavy (non-hydrogen) atoms. The molecule has 1 aromatic carbocycles. The zero-order valence-electron chi connectivity index (χ0n) is 12.6. The van der Waals surface area contributed by atoms with Crippen LogP contribution in [0.1, 0.15) is 5.56 Å². The summed E-state index contributed by atoms with van der Waals surface area (Å²) in [4.78, 5) is 2.54. The van der Waals surface area contributed by atoms with Crippen molar-refractivity contribution in [1.82, 2.24) is 9.21 Å². The van der Waals surface area contributed by atoms with E-state index in [9.17, 15) is 8.42 Å². The highest BCUT2D eigenvalue weighted by molar-refractivity contribution is 7.89. The van der Waals surface area contributed by atoms with Crippen molar-refractivity contribution in [3.05, 3.63) is 23.8 Å². The Balaban J connectivity index is 2.16. The second-order valence-corrected chi connectivity index (χ2v) is 7.07. The van der Waals surface area contributed by atoms with E-state index in [2.05, 4.69) is 4.90 Å². The van der Waals surface area contributed by atoms with Crippen LogP contribution in [0.15, 0.2) is 23.1 Å². The Bertz CT molecular complexity index is 581. The molecule has 0 spiro atoms. The molecule has 1 saturated heterocycles. The zero-order valence-corrected chi connectivity index (χ0v) is 13.4. The maximum Gasteiger partial charge on any atom is 0.243 e. The van der Waals surface area contributed by atoms with Crippen molar-refractivity contribution in [3.8, 4) is 5.75 Å². The normalized spacial score (nSPS) is 17.9. The lowest BCUT2D eigenvalue weighted by Crippen LogP contribution is -2.49. The Labute approximate surface area is 126 Å². The highest BCUT2D eigenvalue weighted by Gasteiger charge is 2.29. The average molecular weight is 313 g/mol. The predicted molar refractivity (Wildman–Crippen MR) is 82.0 cm³/mol. The summed E-state index contributed by atoms with van der Waals surface area (Å²) in [5.74, 6) is 0.666. The van der Waals surface area contributed by atoms with Gasteiger partial charge in [0.1, 0.15) is 5.75 Å². The van der Waals surface area contributed by atoms with Crippen LogP contribution in [-0.2, 0) is 10.0 Å². The number of nitrogens with zero attached hydrogens (tertiary/aromatic N) is 2. The monoisotopic (exact) mass is 313 g/mol. The van der Waals surface area contributed by atoms with Gasteiger partial charge in [0, 0.05) is 39.3 Å². The van der Waals surface area contributed by atoms with Gasteiger partial charge in [0.2, 0.25) is 10.0 Å². The third-order valence-electron chi connectivity index (χ3n) is 3.78. The lowest BCUT2D eigenvalue weighted by Gasteiger charge is -2.33. The van der Waals surface area contributed by atoms with E-state index < -0.39 is 10.0 Å². The summed E-state index contributed by atoms with van der Waals surface area (Å²) in [6.45, 7) is 5.68. The molecule has 0 bridgehead atoms. The summed E-state index contributed by atoms with van der Waals surface area (Å²) in [5.41, 5.74) is 6.24. The molecular weight excluding hydrogens is 290 g/mol. The number of rotatable bonds is 5. The molecule has 0 aromatic heterocycles. The average Bonchev–Trinajstić information content (AvgIpc) is 2.47. The molecule has 0 aliphatic carbocycles. The third-order valence-corrected chi connectivity index (χ3v) is 5.84. The van der Waals surface area contributed by atoms with Crippen LogP contribution in [0.25, 0.3) is 0 Å². The summed E-state index contributed by atoms with van der Waals surface area (Å²) in [5, 5.41) is 0. The quantitative estimate of drug-likeness (QED) is 0.844. The van der Waals surface area contributed by atoms with Gasteiger partial charge in [0.25, 0.3) is 0 Å². The number of methoxy groups -OCH3 is 1. The fourth-order valence-electron chi connectivity index (χ4n) is 2.55. The highest BCUT2D eigenvalue weighted by Crippen LogP contribution is 2.24. The molecule has 0 atom stereocenters. The van der Waals surface area contributed by atoms with E-state index in [0.29, 0.717) is 35.8 Å². The van der Waals surface area contributed by atoms with Crippen molar-refractivity contribution in [2.45, 2.75) is 11.8 Å². The molecule has 118 valence electrons. The van der Waals surface area contributed by atoms with E-state index in [-0.39, 0.29) is 0 Å². The second kappa shape index (κ2) is 6.74. The van der Waals surface area contributed by atoms with Gasteiger partial charge in [-0.1, -0.05) is 0 Å². The van der Waals surface area contributed by atoms with Crippen LogP contribution < -0.4 is 10.5 Å². The molecular formula is C14H23N3O3S.